The molecule has 76 valence electrons. The molecular formula is C9H16O4. The highest BCUT2D eigenvalue weighted by atomic mass is 16.6. The van der Waals surface area contributed by atoms with Gasteiger partial charge in [-0.3, -0.25) is 0 Å². The van der Waals surface area contributed by atoms with E-state index in [1.54, 1.807) is 0 Å². The van der Waals surface area contributed by atoms with Crippen LogP contribution in [0.2, 0.25) is 0 Å². The third-order valence-corrected chi connectivity index (χ3v) is 2.18. The number of carbonyl (C=O) groups is 1. The summed E-state index contributed by atoms with van der Waals surface area (Å²) in [5.41, 5.74) is -1.08. The van der Waals surface area contributed by atoms with Gasteiger partial charge in [-0.1, -0.05) is 6.92 Å². The minimum atomic E-state index is -1.08. The van der Waals surface area contributed by atoms with Crippen molar-refractivity contribution in [3.63, 3.8) is 0 Å². The molecule has 1 heterocycles. The molecule has 0 radical (unpaired) electrons. The molecule has 4 nitrogen and oxygen atoms in total. The van der Waals surface area contributed by atoms with Crippen molar-refractivity contribution in [2.75, 3.05) is 19.8 Å². The van der Waals surface area contributed by atoms with E-state index in [1.165, 1.54) is 0 Å². The van der Waals surface area contributed by atoms with Crippen LogP contribution >= 0.6 is 0 Å². The quantitative estimate of drug-likeness (QED) is 0.716. The summed E-state index contributed by atoms with van der Waals surface area (Å²) >= 11 is 0. The van der Waals surface area contributed by atoms with Crippen LogP contribution in [0.3, 0.4) is 0 Å². The number of hydrogen-bond donors (Lipinski definition) is 1. The maximum absolute atomic E-state index is 11.0. The molecule has 1 atom stereocenters. The van der Waals surface area contributed by atoms with Crippen molar-refractivity contribution in [2.24, 2.45) is 0 Å². The smallest absolute Gasteiger partial charge is 0.338 e. The molecule has 13 heavy (non-hydrogen) atoms. The highest BCUT2D eigenvalue weighted by Gasteiger charge is 2.41. The zero-order valence-corrected chi connectivity index (χ0v) is 7.91. The fourth-order valence-electron chi connectivity index (χ4n) is 1.41. The van der Waals surface area contributed by atoms with Gasteiger partial charge in [-0.05, 0) is 19.3 Å². The molecule has 1 aliphatic rings. The van der Waals surface area contributed by atoms with Crippen LogP contribution in [-0.4, -0.2) is 36.5 Å². The van der Waals surface area contributed by atoms with Crippen molar-refractivity contribution in [1.82, 2.24) is 0 Å². The van der Waals surface area contributed by atoms with Crippen LogP contribution in [0, 0.1) is 0 Å². The van der Waals surface area contributed by atoms with Crippen LogP contribution in [-0.2, 0) is 14.3 Å². The Balaban J connectivity index is 2.56. The van der Waals surface area contributed by atoms with Crippen molar-refractivity contribution in [3.8, 4) is 0 Å². The van der Waals surface area contributed by atoms with Crippen LogP contribution in [0.5, 0.6) is 0 Å². The van der Waals surface area contributed by atoms with Crippen LogP contribution in [0.15, 0.2) is 0 Å². The van der Waals surface area contributed by atoms with E-state index in [9.17, 15) is 4.79 Å². The van der Waals surface area contributed by atoms with Gasteiger partial charge in [0.1, 0.15) is 0 Å². The van der Waals surface area contributed by atoms with E-state index in [1.807, 2.05) is 6.92 Å². The molecule has 0 bridgehead atoms. The number of rotatable bonds is 4. The predicted octanol–water partition coefficient (Wildman–Crippen LogP) is 1.05. The van der Waals surface area contributed by atoms with E-state index in [2.05, 4.69) is 0 Å². The van der Waals surface area contributed by atoms with Crippen molar-refractivity contribution >= 4 is 5.97 Å². The lowest BCUT2D eigenvalue weighted by atomic mass is 9.96. The first-order chi connectivity index (χ1) is 6.21. The molecular weight excluding hydrogens is 172 g/mol. The molecule has 0 aromatic rings. The Morgan fingerprint density at radius 2 is 2.46 bits per heavy atom. The minimum absolute atomic E-state index is 0.183. The molecule has 0 spiro atoms. The summed E-state index contributed by atoms with van der Waals surface area (Å²) < 4.78 is 10.5. The predicted molar refractivity (Wildman–Crippen MR) is 46.7 cm³/mol. The topological polar surface area (TPSA) is 55.8 Å². The van der Waals surface area contributed by atoms with Gasteiger partial charge in [0.25, 0.3) is 0 Å². The van der Waals surface area contributed by atoms with Gasteiger partial charge < -0.3 is 14.6 Å². The highest BCUT2D eigenvalue weighted by Crippen LogP contribution is 2.23. The highest BCUT2D eigenvalue weighted by molar-refractivity contribution is 5.77. The normalized spacial score (nSPS) is 28.7. The summed E-state index contributed by atoms with van der Waals surface area (Å²) in [6.07, 6.45) is 2.15. The molecule has 1 N–H and O–H groups in total. The Morgan fingerprint density at radius 3 is 2.92 bits per heavy atom. The monoisotopic (exact) mass is 188 g/mol. The second kappa shape index (κ2) is 4.58. The first-order valence-corrected chi connectivity index (χ1v) is 4.66. The van der Waals surface area contributed by atoms with Gasteiger partial charge in [0.05, 0.1) is 6.61 Å². The van der Waals surface area contributed by atoms with Gasteiger partial charge in [0.2, 0.25) is 0 Å². The van der Waals surface area contributed by atoms with Gasteiger partial charge in [-0.2, -0.15) is 0 Å². The summed E-state index contributed by atoms with van der Waals surface area (Å²) in [6, 6.07) is 0. The number of aliphatic carboxylic acids is 1. The van der Waals surface area contributed by atoms with Crippen molar-refractivity contribution in [2.45, 2.75) is 31.8 Å². The van der Waals surface area contributed by atoms with E-state index in [4.69, 9.17) is 14.6 Å². The summed E-state index contributed by atoms with van der Waals surface area (Å²) in [7, 11) is 0. The molecule has 1 saturated heterocycles. The van der Waals surface area contributed by atoms with Gasteiger partial charge in [-0.15, -0.1) is 0 Å². The number of carboxylic acids is 1. The molecule has 0 amide bonds. The van der Waals surface area contributed by atoms with Crippen LogP contribution in [0.1, 0.15) is 26.2 Å². The molecule has 0 saturated carbocycles. The zero-order chi connectivity index (χ0) is 9.73. The maximum atomic E-state index is 11.0. The number of hydrogen-bond acceptors (Lipinski definition) is 3. The SMILES string of the molecule is CCCOC1(C(=O)O)CCCOC1. The second-order valence-corrected chi connectivity index (χ2v) is 3.30. The van der Waals surface area contributed by atoms with E-state index >= 15 is 0 Å². The first kappa shape index (κ1) is 10.5. The van der Waals surface area contributed by atoms with Crippen LogP contribution < -0.4 is 0 Å². The van der Waals surface area contributed by atoms with E-state index < -0.39 is 11.6 Å². The summed E-state index contributed by atoms with van der Waals surface area (Å²) in [4.78, 5) is 11.0. The van der Waals surface area contributed by atoms with E-state index in [-0.39, 0.29) is 6.61 Å². The van der Waals surface area contributed by atoms with Gasteiger partial charge in [-0.25, -0.2) is 4.79 Å². The number of carboxylic acid groups (broad SMARTS) is 1. The lowest BCUT2D eigenvalue weighted by molar-refractivity contribution is -0.184. The lowest BCUT2D eigenvalue weighted by Gasteiger charge is -2.32. The van der Waals surface area contributed by atoms with Gasteiger partial charge in [0, 0.05) is 13.2 Å². The Kier molecular flexibility index (Phi) is 3.69. The lowest BCUT2D eigenvalue weighted by Crippen LogP contribution is -2.48. The average molecular weight is 188 g/mol. The molecule has 1 fully saturated rings. The fraction of sp³-hybridized carbons (Fsp3) is 0.889. The van der Waals surface area contributed by atoms with Crippen molar-refractivity contribution < 1.29 is 19.4 Å². The van der Waals surface area contributed by atoms with Crippen LogP contribution in [0.25, 0.3) is 0 Å². The summed E-state index contributed by atoms with van der Waals surface area (Å²) in [6.45, 7) is 3.27. The molecule has 1 unspecified atom stereocenters. The third kappa shape index (κ3) is 2.42. The fourth-order valence-corrected chi connectivity index (χ4v) is 1.41. The third-order valence-electron chi connectivity index (χ3n) is 2.18. The molecule has 0 aromatic heterocycles. The molecule has 1 rings (SSSR count). The standard InChI is InChI=1S/C9H16O4/c1-2-5-13-9(8(10)11)4-3-6-12-7-9/h2-7H2,1H3,(H,10,11). The Bertz CT molecular complexity index is 172. The minimum Gasteiger partial charge on any atom is -0.479 e. The van der Waals surface area contributed by atoms with E-state index in [0.717, 1.165) is 12.8 Å². The first-order valence-electron chi connectivity index (χ1n) is 4.66. The molecule has 4 heteroatoms. The van der Waals surface area contributed by atoms with Gasteiger partial charge in [0.15, 0.2) is 5.60 Å². The largest absolute Gasteiger partial charge is 0.479 e. The number of ether oxygens (including phenoxy) is 2. The summed E-state index contributed by atoms with van der Waals surface area (Å²) in [5.74, 6) is -0.902. The van der Waals surface area contributed by atoms with Gasteiger partial charge >= 0.3 is 5.97 Å². The average Bonchev–Trinajstić information content (AvgIpc) is 2.16. The molecule has 1 aliphatic heterocycles. The zero-order valence-electron chi connectivity index (χ0n) is 7.91. The van der Waals surface area contributed by atoms with E-state index in [0.29, 0.717) is 19.6 Å². The Hall–Kier alpha value is -0.610. The van der Waals surface area contributed by atoms with Crippen molar-refractivity contribution in [1.29, 1.82) is 0 Å². The Labute approximate surface area is 77.8 Å². The maximum Gasteiger partial charge on any atom is 0.338 e. The molecule has 0 aliphatic carbocycles. The molecule has 0 aromatic carbocycles. The van der Waals surface area contributed by atoms with Crippen LogP contribution in [0.4, 0.5) is 0 Å². The Morgan fingerprint density at radius 1 is 1.69 bits per heavy atom. The van der Waals surface area contributed by atoms with Crippen molar-refractivity contribution in [3.05, 3.63) is 0 Å². The summed E-state index contributed by atoms with van der Waals surface area (Å²) in [5, 5.41) is 9.01. The second-order valence-electron chi connectivity index (χ2n) is 3.30.